The van der Waals surface area contributed by atoms with Gasteiger partial charge in [0.25, 0.3) is 0 Å². The van der Waals surface area contributed by atoms with Gasteiger partial charge in [-0.1, -0.05) is 6.07 Å². The van der Waals surface area contributed by atoms with E-state index in [0.717, 1.165) is 6.07 Å². The fourth-order valence-corrected chi connectivity index (χ4v) is 2.04. The van der Waals surface area contributed by atoms with Crippen LogP contribution in [0.2, 0.25) is 0 Å². The van der Waals surface area contributed by atoms with Crippen LogP contribution in [0.3, 0.4) is 0 Å². The average Bonchev–Trinajstić information content (AvgIpc) is 2.93. The molecule has 2 rings (SSSR count). The topological polar surface area (TPSA) is 46.2 Å². The molecule has 1 aromatic carbocycles. The van der Waals surface area contributed by atoms with Crippen LogP contribution in [0.15, 0.2) is 18.2 Å². The molecule has 15 heavy (non-hydrogen) atoms. The summed E-state index contributed by atoms with van der Waals surface area (Å²) in [5.74, 6) is -1.21. The Bertz CT molecular complexity index is 377. The number of benzene rings is 1. The molecule has 0 radical (unpaired) electrons. The molecule has 82 valence electrons. The first-order valence-corrected chi connectivity index (χ1v) is 4.89. The van der Waals surface area contributed by atoms with Gasteiger partial charge in [-0.3, -0.25) is 0 Å². The van der Waals surface area contributed by atoms with E-state index in [2.05, 4.69) is 0 Å². The summed E-state index contributed by atoms with van der Waals surface area (Å²) in [5.41, 5.74) is 5.59. The zero-order chi connectivity index (χ0) is 11.1. The Morgan fingerprint density at radius 2 is 2.20 bits per heavy atom. The smallest absolute Gasteiger partial charge is 0.129 e. The number of aliphatic hydroxyl groups is 1. The number of rotatable bonds is 3. The van der Waals surface area contributed by atoms with Gasteiger partial charge in [0, 0.05) is 18.0 Å². The van der Waals surface area contributed by atoms with Crippen molar-refractivity contribution in [1.29, 1.82) is 0 Å². The summed E-state index contributed by atoms with van der Waals surface area (Å²) in [6, 6.07) is 3.53. The summed E-state index contributed by atoms with van der Waals surface area (Å²) < 4.78 is 26.1. The third-order valence-corrected chi connectivity index (χ3v) is 3.25. The van der Waals surface area contributed by atoms with Crippen molar-refractivity contribution in [3.63, 3.8) is 0 Å². The number of halogens is 2. The summed E-state index contributed by atoms with van der Waals surface area (Å²) in [5, 5.41) is 9.16. The molecule has 0 heterocycles. The summed E-state index contributed by atoms with van der Waals surface area (Å²) in [6.45, 7) is 0.274. The maximum absolute atomic E-state index is 13.4. The molecule has 1 aromatic rings. The minimum atomic E-state index is -0.584. The van der Waals surface area contributed by atoms with Crippen LogP contribution >= 0.6 is 0 Å². The van der Waals surface area contributed by atoms with Crippen LogP contribution in [-0.4, -0.2) is 18.3 Å². The van der Waals surface area contributed by atoms with E-state index in [1.54, 1.807) is 0 Å². The number of hydrogen-bond donors (Lipinski definition) is 2. The van der Waals surface area contributed by atoms with Crippen molar-refractivity contribution in [3.05, 3.63) is 35.4 Å². The summed E-state index contributed by atoms with van der Waals surface area (Å²) in [7, 11) is 0. The lowest BCUT2D eigenvalue weighted by Crippen LogP contribution is -2.21. The van der Waals surface area contributed by atoms with Crippen LogP contribution in [0.4, 0.5) is 8.78 Å². The average molecular weight is 213 g/mol. The Balaban J connectivity index is 2.26. The third-order valence-electron chi connectivity index (χ3n) is 3.25. The zero-order valence-electron chi connectivity index (χ0n) is 8.21. The SMILES string of the molecule is NC[C@]1(CO)C[C@H]1c1ccc(F)cc1F. The van der Waals surface area contributed by atoms with Gasteiger partial charge in [0.15, 0.2) is 0 Å². The van der Waals surface area contributed by atoms with Crippen molar-refractivity contribution in [2.24, 2.45) is 11.1 Å². The van der Waals surface area contributed by atoms with E-state index in [1.807, 2.05) is 0 Å². The Morgan fingerprint density at radius 3 is 2.67 bits per heavy atom. The second-order valence-electron chi connectivity index (χ2n) is 4.15. The van der Waals surface area contributed by atoms with Crippen LogP contribution < -0.4 is 5.73 Å². The van der Waals surface area contributed by atoms with Gasteiger partial charge in [-0.15, -0.1) is 0 Å². The van der Waals surface area contributed by atoms with Crippen LogP contribution in [0.5, 0.6) is 0 Å². The number of hydrogen-bond acceptors (Lipinski definition) is 2. The molecule has 4 heteroatoms. The van der Waals surface area contributed by atoms with Crippen LogP contribution in [0.25, 0.3) is 0 Å². The monoisotopic (exact) mass is 213 g/mol. The Morgan fingerprint density at radius 1 is 1.47 bits per heavy atom. The summed E-state index contributed by atoms with van der Waals surface area (Å²) in [4.78, 5) is 0. The molecule has 0 spiro atoms. The fourth-order valence-electron chi connectivity index (χ4n) is 2.04. The second kappa shape index (κ2) is 3.54. The molecule has 0 aromatic heterocycles. The number of nitrogens with two attached hydrogens (primary N) is 1. The summed E-state index contributed by atoms with van der Waals surface area (Å²) in [6.07, 6.45) is 0.669. The van der Waals surface area contributed by atoms with E-state index in [0.29, 0.717) is 18.5 Å². The zero-order valence-corrected chi connectivity index (χ0v) is 8.21. The van der Waals surface area contributed by atoms with Gasteiger partial charge < -0.3 is 10.8 Å². The molecule has 1 fully saturated rings. The standard InChI is InChI=1S/C11H13F2NO/c12-7-1-2-8(10(13)3-7)9-4-11(9,5-14)6-15/h1-3,9,15H,4-6,14H2/t9-,11-/m0/s1. The first-order chi connectivity index (χ1) is 7.13. The van der Waals surface area contributed by atoms with Crippen molar-refractivity contribution < 1.29 is 13.9 Å². The highest BCUT2D eigenvalue weighted by atomic mass is 19.1. The second-order valence-corrected chi connectivity index (χ2v) is 4.15. The maximum atomic E-state index is 13.4. The lowest BCUT2D eigenvalue weighted by molar-refractivity contribution is 0.211. The lowest BCUT2D eigenvalue weighted by atomic mass is 10.00. The maximum Gasteiger partial charge on any atom is 0.129 e. The van der Waals surface area contributed by atoms with E-state index in [-0.39, 0.29) is 12.5 Å². The normalized spacial score (nSPS) is 29.2. The van der Waals surface area contributed by atoms with Crippen molar-refractivity contribution in [2.75, 3.05) is 13.2 Å². The quantitative estimate of drug-likeness (QED) is 0.797. The molecule has 0 unspecified atom stereocenters. The lowest BCUT2D eigenvalue weighted by Gasteiger charge is -2.11. The molecule has 2 atom stereocenters. The predicted octanol–water partition coefficient (Wildman–Crippen LogP) is 1.39. The Labute approximate surface area is 86.7 Å². The highest BCUT2D eigenvalue weighted by molar-refractivity contribution is 5.32. The van der Waals surface area contributed by atoms with Crippen LogP contribution in [0, 0.1) is 17.0 Å². The minimum Gasteiger partial charge on any atom is -0.396 e. The van der Waals surface area contributed by atoms with Gasteiger partial charge in [-0.2, -0.15) is 0 Å². The highest BCUT2D eigenvalue weighted by Gasteiger charge is 2.54. The largest absolute Gasteiger partial charge is 0.396 e. The molecule has 2 nitrogen and oxygen atoms in total. The molecule has 0 amide bonds. The van der Waals surface area contributed by atoms with Gasteiger partial charge >= 0.3 is 0 Å². The molecule has 1 aliphatic rings. The Kier molecular flexibility index (Phi) is 2.48. The van der Waals surface area contributed by atoms with Crippen molar-refractivity contribution in [3.8, 4) is 0 Å². The van der Waals surface area contributed by atoms with E-state index < -0.39 is 17.0 Å². The Hall–Kier alpha value is -1.00. The number of aliphatic hydroxyl groups excluding tert-OH is 1. The molecule has 0 bridgehead atoms. The molecular formula is C11H13F2NO. The highest BCUT2D eigenvalue weighted by Crippen LogP contribution is 2.58. The van der Waals surface area contributed by atoms with Gasteiger partial charge in [-0.25, -0.2) is 8.78 Å². The van der Waals surface area contributed by atoms with Crippen LogP contribution in [0.1, 0.15) is 17.9 Å². The van der Waals surface area contributed by atoms with Gasteiger partial charge in [0.2, 0.25) is 0 Å². The van der Waals surface area contributed by atoms with Crippen molar-refractivity contribution in [1.82, 2.24) is 0 Å². The first kappa shape index (κ1) is 10.5. The molecule has 1 aliphatic carbocycles. The molecule has 0 saturated heterocycles. The summed E-state index contributed by atoms with van der Waals surface area (Å²) >= 11 is 0. The van der Waals surface area contributed by atoms with Crippen molar-refractivity contribution >= 4 is 0 Å². The van der Waals surface area contributed by atoms with E-state index in [9.17, 15) is 8.78 Å². The predicted molar refractivity (Wildman–Crippen MR) is 52.3 cm³/mol. The molecule has 3 N–H and O–H groups in total. The van der Waals surface area contributed by atoms with Gasteiger partial charge in [0.1, 0.15) is 11.6 Å². The van der Waals surface area contributed by atoms with Gasteiger partial charge in [0.05, 0.1) is 6.61 Å². The molecule has 0 aliphatic heterocycles. The van der Waals surface area contributed by atoms with Gasteiger partial charge in [-0.05, 0) is 24.0 Å². The third kappa shape index (κ3) is 1.64. The van der Waals surface area contributed by atoms with E-state index >= 15 is 0 Å². The van der Waals surface area contributed by atoms with E-state index in [4.69, 9.17) is 10.8 Å². The molecule has 1 saturated carbocycles. The fraction of sp³-hybridized carbons (Fsp3) is 0.455. The minimum absolute atomic E-state index is 0.0506. The van der Waals surface area contributed by atoms with E-state index in [1.165, 1.54) is 12.1 Å². The molecular weight excluding hydrogens is 200 g/mol. The first-order valence-electron chi connectivity index (χ1n) is 4.89. The van der Waals surface area contributed by atoms with Crippen LogP contribution in [-0.2, 0) is 0 Å². The van der Waals surface area contributed by atoms with Crippen molar-refractivity contribution in [2.45, 2.75) is 12.3 Å².